The minimum Gasteiger partial charge on any atom is -0.469 e. The van der Waals surface area contributed by atoms with Crippen LogP contribution < -0.4 is 30.9 Å². The normalized spacial score (nSPS) is 15.8. The number of hydrogen-bond acceptors (Lipinski definition) is 16. The van der Waals surface area contributed by atoms with Gasteiger partial charge in [0.05, 0.1) is 7.11 Å². The molecule has 16 nitrogen and oxygen atoms in total. The SMILES string of the molecule is CNC=O.COC.COC(=O)c1sc(-c2cccc(NC3CCN(SCC4=CC(NCCC(CCNC=O)c5ccc(N(C)C(C)CCC=O)c6c(C=O)cccc56)=CCC4)C(C)(C)C3)c2)nc1OCC=O. The summed E-state index contributed by atoms with van der Waals surface area (Å²) in [4.78, 5) is 74.0. The Hall–Kier alpha value is -6.08. The Labute approximate surface area is 433 Å². The summed E-state index contributed by atoms with van der Waals surface area (Å²) >= 11 is 3.08. The number of anilines is 2. The summed E-state index contributed by atoms with van der Waals surface area (Å²) in [6.07, 6.45) is 15.2. The van der Waals surface area contributed by atoms with E-state index in [2.05, 4.69) is 91.3 Å². The predicted octanol–water partition coefficient (Wildman–Crippen LogP) is 8.38. The van der Waals surface area contributed by atoms with Gasteiger partial charge in [-0.3, -0.25) is 19.2 Å². The number of benzene rings is 3. The van der Waals surface area contributed by atoms with E-state index in [4.69, 9.17) is 14.3 Å². The van der Waals surface area contributed by atoms with Crippen molar-refractivity contribution >= 4 is 83.1 Å². The van der Waals surface area contributed by atoms with Crippen molar-refractivity contribution in [1.82, 2.24) is 25.2 Å². The van der Waals surface area contributed by atoms with Crippen molar-refractivity contribution in [3.8, 4) is 16.5 Å². The number of aromatic nitrogens is 1. The van der Waals surface area contributed by atoms with Gasteiger partial charge in [-0.05, 0) is 107 Å². The van der Waals surface area contributed by atoms with Crippen LogP contribution in [0.25, 0.3) is 21.3 Å². The van der Waals surface area contributed by atoms with Crippen molar-refractivity contribution in [1.29, 1.82) is 0 Å². The third-order valence-corrected chi connectivity index (χ3v) is 15.0. The van der Waals surface area contributed by atoms with E-state index >= 15 is 0 Å². The zero-order valence-electron chi connectivity index (χ0n) is 43.0. The summed E-state index contributed by atoms with van der Waals surface area (Å²) in [5.74, 6) is 0.584. The molecule has 1 saturated heterocycles. The quantitative estimate of drug-likeness (QED) is 0.0202. The fourth-order valence-electron chi connectivity index (χ4n) is 8.84. The lowest BCUT2D eigenvalue weighted by atomic mass is 9.86. The van der Waals surface area contributed by atoms with Crippen molar-refractivity contribution in [2.24, 2.45) is 0 Å². The van der Waals surface area contributed by atoms with Crippen molar-refractivity contribution in [3.05, 3.63) is 94.0 Å². The second-order valence-corrected chi connectivity index (χ2v) is 20.1. The summed E-state index contributed by atoms with van der Waals surface area (Å²) in [6.45, 7) is 8.75. The summed E-state index contributed by atoms with van der Waals surface area (Å²) in [6, 6.07) is 18.5. The number of amides is 2. The molecule has 4 N–H and O–H groups in total. The molecule has 2 amide bonds. The lowest BCUT2D eigenvalue weighted by Crippen LogP contribution is -2.49. The summed E-state index contributed by atoms with van der Waals surface area (Å²) in [5, 5.41) is 15.1. The third-order valence-electron chi connectivity index (χ3n) is 12.5. The lowest BCUT2D eigenvalue weighted by Gasteiger charge is -2.45. The Morgan fingerprint density at radius 2 is 1.75 bits per heavy atom. The molecule has 3 aromatic carbocycles. The number of rotatable bonds is 26. The predicted molar refractivity (Wildman–Crippen MR) is 290 cm³/mol. The molecule has 2 aliphatic rings. The topological polar surface area (TPSA) is 198 Å². The van der Waals surface area contributed by atoms with Gasteiger partial charge in [-0.15, -0.1) is 11.3 Å². The van der Waals surface area contributed by atoms with E-state index in [9.17, 15) is 24.0 Å². The molecule has 1 fully saturated rings. The van der Waals surface area contributed by atoms with Crippen molar-refractivity contribution in [2.45, 2.75) is 95.7 Å². The highest BCUT2D eigenvalue weighted by atomic mass is 32.2. The van der Waals surface area contributed by atoms with E-state index < -0.39 is 5.97 Å². The molecule has 0 radical (unpaired) electrons. The first-order valence-corrected chi connectivity index (χ1v) is 26.0. The molecule has 4 aromatic rings. The van der Waals surface area contributed by atoms with Gasteiger partial charge in [0.1, 0.15) is 17.9 Å². The first kappa shape index (κ1) is 58.5. The number of esters is 1. The fraction of sp³-hybridized carbons (Fsp3) is 0.463. The van der Waals surface area contributed by atoms with Gasteiger partial charge < -0.3 is 45.2 Å². The first-order valence-electron chi connectivity index (χ1n) is 24.2. The van der Waals surface area contributed by atoms with Crippen molar-refractivity contribution < 1.29 is 43.0 Å². The Kier molecular flexibility index (Phi) is 25.0. The van der Waals surface area contributed by atoms with Crippen molar-refractivity contribution in [2.75, 3.05) is 77.6 Å². The number of aldehydes is 3. The van der Waals surface area contributed by atoms with Crippen LogP contribution in [0, 0.1) is 0 Å². The molecule has 3 unspecified atom stereocenters. The van der Waals surface area contributed by atoms with E-state index in [1.807, 2.05) is 55.4 Å². The van der Waals surface area contributed by atoms with Crippen molar-refractivity contribution in [3.63, 3.8) is 0 Å². The minimum absolute atomic E-state index is 0.0491. The van der Waals surface area contributed by atoms with Crippen LogP contribution in [-0.4, -0.2) is 132 Å². The average Bonchev–Trinajstić information content (AvgIpc) is 3.82. The molecule has 1 aliphatic heterocycles. The van der Waals surface area contributed by atoms with Crippen LogP contribution in [0.15, 0.2) is 78.0 Å². The molecule has 2 heterocycles. The Balaban J connectivity index is 0.00000151. The van der Waals surface area contributed by atoms with Crippen LogP contribution in [-0.2, 0) is 28.7 Å². The fourth-order valence-corrected chi connectivity index (χ4v) is 11.0. The van der Waals surface area contributed by atoms with Gasteiger partial charge in [0.15, 0.2) is 17.4 Å². The van der Waals surface area contributed by atoms with Gasteiger partial charge in [0.25, 0.3) is 0 Å². The highest BCUT2D eigenvalue weighted by Crippen LogP contribution is 2.40. The molecule has 3 atom stereocenters. The number of allylic oxidation sites excluding steroid dienone is 2. The van der Waals surface area contributed by atoms with E-state index in [1.165, 1.54) is 24.0 Å². The van der Waals surface area contributed by atoms with Crippen LogP contribution in [0.3, 0.4) is 0 Å². The molecule has 6 rings (SSSR count). The number of ether oxygens (including phenoxy) is 3. The second kappa shape index (κ2) is 30.7. The number of piperidine rings is 1. The number of thiazole rings is 1. The number of carbonyl (C=O) groups excluding carboxylic acids is 6. The van der Waals surface area contributed by atoms with Crippen LogP contribution in [0.2, 0.25) is 0 Å². The molecule has 390 valence electrons. The molecule has 0 spiro atoms. The Bertz CT molecular complexity index is 2460. The second-order valence-electron chi connectivity index (χ2n) is 18.1. The molecule has 0 saturated carbocycles. The number of methoxy groups -OCH3 is 2. The van der Waals surface area contributed by atoms with Gasteiger partial charge in [-0.2, -0.15) is 0 Å². The first-order chi connectivity index (χ1) is 34.8. The molecular weight excluding hydrogens is 955 g/mol. The smallest absolute Gasteiger partial charge is 0.353 e. The average molecular weight is 1030 g/mol. The monoisotopic (exact) mass is 1030 g/mol. The zero-order chi connectivity index (χ0) is 52.5. The number of fused-ring (bicyclic) bond motifs is 1. The minimum atomic E-state index is -0.557. The van der Waals surface area contributed by atoms with E-state index in [0.717, 1.165) is 122 Å². The highest BCUT2D eigenvalue weighted by Gasteiger charge is 2.35. The van der Waals surface area contributed by atoms with Gasteiger partial charge in [-0.25, -0.2) is 14.1 Å². The van der Waals surface area contributed by atoms with Crippen LogP contribution in [0.4, 0.5) is 11.4 Å². The number of hydrogen-bond donors (Lipinski definition) is 4. The summed E-state index contributed by atoms with van der Waals surface area (Å²) in [5.41, 5.74) is 7.06. The number of nitrogens with zero attached hydrogens (tertiary/aromatic N) is 3. The molecule has 18 heteroatoms. The lowest BCUT2D eigenvalue weighted by molar-refractivity contribution is -0.110. The number of carbonyl (C=O) groups is 6. The van der Waals surface area contributed by atoms with Gasteiger partial charge in [0, 0.05) is 111 Å². The number of nitrogens with one attached hydrogen (secondary N) is 4. The maximum atomic E-state index is 12.4. The van der Waals surface area contributed by atoms with E-state index in [0.29, 0.717) is 36.2 Å². The maximum absolute atomic E-state index is 12.4. The standard InChI is InChI=1S/C50H62N6O7S2.C2H5NO.C2H6O/c1-34(10-9-25-57)55(4)44-18-17-42(43-16-8-13-38(31-59)45(43)44)36(19-22-51-33-60)20-23-52-39-14-6-11-35(28-39)32-64-56-24-21-41(30-50(56,2)3)53-40-15-7-12-37(29-40)48-54-47(63-27-26-58)46(65-48)49(61)62-5;1-3-2-4;1-3-2/h7-8,12-18,25-26,28-29,31,33-34,36,41,52-53H,6,9-11,19-24,27,30,32H2,1-5H3,(H,51,60);2H,1H3,(H,3,4);1-2H3. The van der Waals surface area contributed by atoms with E-state index in [1.54, 1.807) is 21.3 Å². The Morgan fingerprint density at radius 1 is 1.00 bits per heavy atom. The van der Waals surface area contributed by atoms with Gasteiger partial charge >= 0.3 is 5.97 Å². The highest BCUT2D eigenvalue weighted by molar-refractivity contribution is 7.97. The molecule has 1 aromatic heterocycles. The molecular formula is C54H73N7O9S2. The maximum Gasteiger partial charge on any atom is 0.353 e. The summed E-state index contributed by atoms with van der Waals surface area (Å²) in [7, 11) is 8.14. The van der Waals surface area contributed by atoms with Gasteiger partial charge in [0.2, 0.25) is 18.7 Å². The molecule has 0 bridgehead atoms. The Morgan fingerprint density at radius 3 is 2.43 bits per heavy atom. The van der Waals surface area contributed by atoms with Crippen LogP contribution in [0.1, 0.15) is 104 Å². The third kappa shape index (κ3) is 17.0. The van der Waals surface area contributed by atoms with Crippen LogP contribution >= 0.6 is 23.3 Å². The summed E-state index contributed by atoms with van der Waals surface area (Å²) < 4.78 is 17.1. The van der Waals surface area contributed by atoms with Crippen LogP contribution in [0.5, 0.6) is 5.88 Å². The van der Waals surface area contributed by atoms with E-state index in [-0.39, 0.29) is 40.9 Å². The van der Waals surface area contributed by atoms with Gasteiger partial charge in [-0.1, -0.05) is 60.0 Å². The molecule has 72 heavy (non-hydrogen) atoms. The zero-order valence-corrected chi connectivity index (χ0v) is 44.6. The largest absolute Gasteiger partial charge is 0.469 e. The molecule has 1 aliphatic carbocycles.